The molecule has 3 rings (SSSR count). The van der Waals surface area contributed by atoms with E-state index in [2.05, 4.69) is 10.6 Å². The Balaban J connectivity index is 1.40. The van der Waals surface area contributed by atoms with Crippen LogP contribution in [0.4, 0.5) is 5.69 Å². The van der Waals surface area contributed by atoms with Crippen molar-refractivity contribution in [3.05, 3.63) is 29.8 Å². The summed E-state index contributed by atoms with van der Waals surface area (Å²) < 4.78 is 26.0. The van der Waals surface area contributed by atoms with E-state index < -0.39 is 21.8 Å². The molecule has 1 aromatic rings. The highest BCUT2D eigenvalue weighted by molar-refractivity contribution is 7.90. The summed E-state index contributed by atoms with van der Waals surface area (Å²) in [6, 6.07) is 7.38. The monoisotopic (exact) mass is 393 g/mol. The number of carbonyl (C=O) groups is 2. The molecule has 1 aliphatic heterocycles. The highest BCUT2D eigenvalue weighted by Gasteiger charge is 2.41. The predicted octanol–water partition coefficient (Wildman–Crippen LogP) is 1.51. The number of amides is 2. The number of rotatable bonds is 6. The summed E-state index contributed by atoms with van der Waals surface area (Å²) in [7, 11) is -3.11. The van der Waals surface area contributed by atoms with Crippen molar-refractivity contribution in [1.29, 1.82) is 0 Å². The molecule has 7 nitrogen and oxygen atoms in total. The summed E-state index contributed by atoms with van der Waals surface area (Å²) in [6.07, 6.45) is 3.86. The van der Waals surface area contributed by atoms with Crippen molar-refractivity contribution in [2.45, 2.75) is 44.3 Å². The molecule has 2 aliphatic rings. The average molecular weight is 394 g/mol. The Kier molecular flexibility index (Phi) is 6.16. The SMILES string of the molecule is CCc1ccc(NC(=O)C(=O)NCC2CCN(S(=O)(=O)C3CC3)CC2)cc1. The number of hydrogen-bond acceptors (Lipinski definition) is 4. The van der Waals surface area contributed by atoms with Gasteiger partial charge in [-0.15, -0.1) is 0 Å². The van der Waals surface area contributed by atoms with Gasteiger partial charge in [0.25, 0.3) is 0 Å². The van der Waals surface area contributed by atoms with E-state index in [9.17, 15) is 18.0 Å². The molecular formula is C19H27N3O4S. The van der Waals surface area contributed by atoms with Gasteiger partial charge in [-0.1, -0.05) is 19.1 Å². The molecule has 0 atom stereocenters. The molecule has 0 radical (unpaired) electrons. The lowest BCUT2D eigenvalue weighted by molar-refractivity contribution is -0.136. The number of hydrogen-bond donors (Lipinski definition) is 2. The second-order valence-corrected chi connectivity index (χ2v) is 9.51. The molecular weight excluding hydrogens is 366 g/mol. The smallest absolute Gasteiger partial charge is 0.313 e. The minimum atomic E-state index is -3.11. The van der Waals surface area contributed by atoms with Gasteiger partial charge in [0.1, 0.15) is 0 Å². The van der Waals surface area contributed by atoms with Gasteiger partial charge in [-0.2, -0.15) is 0 Å². The zero-order valence-electron chi connectivity index (χ0n) is 15.6. The van der Waals surface area contributed by atoms with Crippen LogP contribution >= 0.6 is 0 Å². The van der Waals surface area contributed by atoms with E-state index in [1.54, 1.807) is 16.4 Å². The molecule has 1 saturated heterocycles. The number of benzene rings is 1. The highest BCUT2D eigenvalue weighted by Crippen LogP contribution is 2.33. The Morgan fingerprint density at radius 2 is 1.67 bits per heavy atom. The Labute approximate surface area is 160 Å². The van der Waals surface area contributed by atoms with E-state index in [-0.39, 0.29) is 11.2 Å². The van der Waals surface area contributed by atoms with E-state index in [1.807, 2.05) is 19.1 Å². The Morgan fingerprint density at radius 3 is 2.22 bits per heavy atom. The van der Waals surface area contributed by atoms with Crippen LogP contribution in [0.1, 0.15) is 38.2 Å². The molecule has 2 amide bonds. The summed E-state index contributed by atoms with van der Waals surface area (Å²) in [4.78, 5) is 24.0. The summed E-state index contributed by atoms with van der Waals surface area (Å²) >= 11 is 0. The topological polar surface area (TPSA) is 95.6 Å². The number of carbonyl (C=O) groups excluding carboxylic acids is 2. The first-order chi connectivity index (χ1) is 12.9. The van der Waals surface area contributed by atoms with Crippen molar-refractivity contribution in [2.75, 3.05) is 25.0 Å². The zero-order valence-corrected chi connectivity index (χ0v) is 16.4. The number of aryl methyl sites for hydroxylation is 1. The molecule has 8 heteroatoms. The lowest BCUT2D eigenvalue weighted by Crippen LogP contribution is -2.44. The molecule has 27 heavy (non-hydrogen) atoms. The van der Waals surface area contributed by atoms with E-state index in [4.69, 9.17) is 0 Å². The van der Waals surface area contributed by atoms with Gasteiger partial charge in [-0.05, 0) is 55.7 Å². The number of piperidine rings is 1. The third kappa shape index (κ3) is 5.07. The molecule has 1 saturated carbocycles. The van der Waals surface area contributed by atoms with Crippen LogP contribution in [0.5, 0.6) is 0 Å². The maximum absolute atomic E-state index is 12.2. The fourth-order valence-corrected chi connectivity index (χ4v) is 5.15. The first-order valence-electron chi connectivity index (χ1n) is 9.57. The minimum Gasteiger partial charge on any atom is -0.348 e. The van der Waals surface area contributed by atoms with Crippen molar-refractivity contribution in [3.8, 4) is 0 Å². The van der Waals surface area contributed by atoms with Gasteiger partial charge in [0.05, 0.1) is 5.25 Å². The number of nitrogens with one attached hydrogen (secondary N) is 2. The van der Waals surface area contributed by atoms with E-state index >= 15 is 0 Å². The number of nitrogens with zero attached hydrogens (tertiary/aromatic N) is 1. The van der Waals surface area contributed by atoms with Crippen LogP contribution in [0.15, 0.2) is 24.3 Å². The normalized spacial score (nSPS) is 18.9. The van der Waals surface area contributed by atoms with Crippen LogP contribution in [-0.4, -0.2) is 49.4 Å². The van der Waals surface area contributed by atoms with E-state index in [0.29, 0.717) is 38.2 Å². The average Bonchev–Trinajstić information content (AvgIpc) is 3.53. The van der Waals surface area contributed by atoms with Gasteiger partial charge in [-0.3, -0.25) is 9.59 Å². The molecule has 2 fully saturated rings. The molecule has 0 spiro atoms. The van der Waals surface area contributed by atoms with E-state index in [1.165, 1.54) is 0 Å². The molecule has 0 bridgehead atoms. The fourth-order valence-electron chi connectivity index (χ4n) is 3.27. The Hall–Kier alpha value is -1.93. The second-order valence-electron chi connectivity index (χ2n) is 7.30. The third-order valence-electron chi connectivity index (χ3n) is 5.26. The number of anilines is 1. The third-order valence-corrected chi connectivity index (χ3v) is 7.66. The fraction of sp³-hybridized carbons (Fsp3) is 0.579. The van der Waals surface area contributed by atoms with E-state index in [0.717, 1.165) is 24.8 Å². The molecule has 0 unspecified atom stereocenters. The van der Waals surface area contributed by atoms with Crippen LogP contribution in [0, 0.1) is 5.92 Å². The summed E-state index contributed by atoms with van der Waals surface area (Å²) in [5.41, 5.74) is 1.75. The predicted molar refractivity (Wildman–Crippen MR) is 104 cm³/mol. The molecule has 1 aromatic carbocycles. The quantitative estimate of drug-likeness (QED) is 0.716. The molecule has 0 aromatic heterocycles. The molecule has 148 valence electrons. The van der Waals surface area contributed by atoms with Crippen LogP contribution in [0.2, 0.25) is 0 Å². The van der Waals surface area contributed by atoms with Crippen molar-refractivity contribution >= 4 is 27.5 Å². The standard InChI is InChI=1S/C19H27N3O4S/c1-2-14-3-5-16(6-4-14)21-19(24)18(23)20-13-15-9-11-22(12-10-15)27(25,26)17-7-8-17/h3-6,15,17H,2,7-13H2,1H3,(H,20,23)(H,21,24). The summed E-state index contributed by atoms with van der Waals surface area (Å²) in [5.74, 6) is -1.16. The van der Waals surface area contributed by atoms with Gasteiger partial charge < -0.3 is 10.6 Å². The summed E-state index contributed by atoms with van der Waals surface area (Å²) in [5, 5.41) is 5.08. The van der Waals surface area contributed by atoms with Crippen LogP contribution < -0.4 is 10.6 Å². The Morgan fingerprint density at radius 1 is 1.04 bits per heavy atom. The second kappa shape index (κ2) is 8.39. The zero-order chi connectivity index (χ0) is 19.4. The summed E-state index contributed by atoms with van der Waals surface area (Å²) in [6.45, 7) is 3.43. The minimum absolute atomic E-state index is 0.177. The van der Waals surface area contributed by atoms with Gasteiger partial charge in [0.2, 0.25) is 10.0 Å². The van der Waals surface area contributed by atoms with Crippen molar-refractivity contribution < 1.29 is 18.0 Å². The van der Waals surface area contributed by atoms with Gasteiger partial charge in [0.15, 0.2) is 0 Å². The van der Waals surface area contributed by atoms with Gasteiger partial charge in [0, 0.05) is 25.3 Å². The Bertz CT molecular complexity index is 780. The van der Waals surface area contributed by atoms with Crippen LogP contribution in [0.25, 0.3) is 0 Å². The lowest BCUT2D eigenvalue weighted by Gasteiger charge is -2.31. The van der Waals surface area contributed by atoms with Crippen molar-refractivity contribution in [3.63, 3.8) is 0 Å². The molecule has 1 heterocycles. The van der Waals surface area contributed by atoms with Crippen molar-refractivity contribution in [1.82, 2.24) is 9.62 Å². The van der Waals surface area contributed by atoms with Crippen molar-refractivity contribution in [2.24, 2.45) is 5.92 Å². The number of sulfonamides is 1. The maximum Gasteiger partial charge on any atom is 0.313 e. The largest absolute Gasteiger partial charge is 0.348 e. The molecule has 2 N–H and O–H groups in total. The van der Waals surface area contributed by atoms with Crippen LogP contribution in [-0.2, 0) is 26.0 Å². The first-order valence-corrected chi connectivity index (χ1v) is 11.1. The van der Waals surface area contributed by atoms with Crippen LogP contribution in [0.3, 0.4) is 0 Å². The first kappa shape index (κ1) is 19.8. The lowest BCUT2D eigenvalue weighted by atomic mass is 9.98. The molecule has 1 aliphatic carbocycles. The van der Waals surface area contributed by atoms with Gasteiger partial charge in [-0.25, -0.2) is 12.7 Å². The highest BCUT2D eigenvalue weighted by atomic mass is 32.2. The maximum atomic E-state index is 12.2. The van der Waals surface area contributed by atoms with Gasteiger partial charge >= 0.3 is 11.8 Å².